The number of hydrogen-bond donors (Lipinski definition) is 0. The molecule has 0 unspecified atom stereocenters. The van der Waals surface area contributed by atoms with Crippen molar-refractivity contribution in [2.24, 2.45) is 10.9 Å². The van der Waals surface area contributed by atoms with Crippen molar-refractivity contribution in [2.45, 2.75) is 12.5 Å². The molecule has 1 heterocycles. The number of carbonyl (C=O) groups is 1. The maximum Gasteiger partial charge on any atom is 0.311 e. The van der Waals surface area contributed by atoms with Gasteiger partial charge in [0.2, 0.25) is 0 Å². The van der Waals surface area contributed by atoms with Crippen LogP contribution in [0.5, 0.6) is 0 Å². The van der Waals surface area contributed by atoms with Crippen LogP contribution in [0.2, 0.25) is 5.02 Å². The highest BCUT2D eigenvalue weighted by Gasteiger charge is 2.37. The van der Waals surface area contributed by atoms with Crippen molar-refractivity contribution in [1.29, 1.82) is 0 Å². The molecule has 0 saturated heterocycles. The van der Waals surface area contributed by atoms with E-state index in [1.165, 1.54) is 7.11 Å². The van der Waals surface area contributed by atoms with Gasteiger partial charge in [0, 0.05) is 27.2 Å². The zero-order valence-corrected chi connectivity index (χ0v) is 14.8. The number of methoxy groups -OCH3 is 1. The predicted molar refractivity (Wildman–Crippen MR) is 95.0 cm³/mol. The van der Waals surface area contributed by atoms with E-state index < -0.39 is 0 Å². The lowest BCUT2D eigenvalue weighted by Crippen LogP contribution is -2.20. The number of rotatable bonds is 3. The molecule has 2 aromatic carbocycles. The summed E-state index contributed by atoms with van der Waals surface area (Å²) in [6, 6.07) is 15.2. The highest BCUT2D eigenvalue weighted by Crippen LogP contribution is 2.38. The molecule has 0 radical (unpaired) electrons. The van der Waals surface area contributed by atoms with Crippen LogP contribution in [-0.4, -0.2) is 18.8 Å². The van der Waals surface area contributed by atoms with Gasteiger partial charge in [-0.25, -0.2) is 0 Å². The smallest absolute Gasteiger partial charge is 0.311 e. The lowest BCUT2D eigenvalue weighted by Gasteiger charge is -2.16. The molecule has 0 aromatic heterocycles. The minimum Gasteiger partial charge on any atom is -0.469 e. The fourth-order valence-corrected chi connectivity index (χ4v) is 3.34. The first-order valence-electron chi connectivity index (χ1n) is 7.25. The van der Waals surface area contributed by atoms with E-state index >= 15 is 0 Å². The van der Waals surface area contributed by atoms with Gasteiger partial charge in [-0.2, -0.15) is 0 Å². The van der Waals surface area contributed by atoms with Gasteiger partial charge in [-0.1, -0.05) is 57.9 Å². The summed E-state index contributed by atoms with van der Waals surface area (Å²) >= 11 is 9.70. The molecule has 3 nitrogen and oxygen atoms in total. The largest absolute Gasteiger partial charge is 0.469 e. The first kappa shape index (κ1) is 16.2. The van der Waals surface area contributed by atoms with E-state index in [-0.39, 0.29) is 17.9 Å². The Kier molecular flexibility index (Phi) is 4.83. The van der Waals surface area contributed by atoms with E-state index in [0.29, 0.717) is 11.4 Å². The van der Waals surface area contributed by atoms with Gasteiger partial charge in [0.15, 0.2) is 0 Å². The molecule has 1 aliphatic heterocycles. The molecule has 5 heteroatoms. The summed E-state index contributed by atoms with van der Waals surface area (Å²) in [6.07, 6.45) is 0.525. The molecular formula is C18H15BrClNO2. The van der Waals surface area contributed by atoms with E-state index in [1.54, 1.807) is 0 Å². The molecule has 0 fully saturated rings. The molecule has 3 rings (SSSR count). The van der Waals surface area contributed by atoms with Crippen LogP contribution in [0.3, 0.4) is 0 Å². The monoisotopic (exact) mass is 391 g/mol. The number of benzene rings is 2. The van der Waals surface area contributed by atoms with Gasteiger partial charge in [-0.15, -0.1) is 0 Å². The molecular weight excluding hydrogens is 378 g/mol. The van der Waals surface area contributed by atoms with E-state index in [9.17, 15) is 4.79 Å². The Balaban J connectivity index is 2.00. The molecule has 2 atom stereocenters. The van der Waals surface area contributed by atoms with E-state index in [2.05, 4.69) is 15.9 Å². The normalized spacial score (nSPS) is 20.2. The number of hydrogen-bond acceptors (Lipinski definition) is 3. The average Bonchev–Trinajstić information content (AvgIpc) is 3.00. The van der Waals surface area contributed by atoms with Gasteiger partial charge in [0.05, 0.1) is 19.1 Å². The number of esters is 1. The summed E-state index contributed by atoms with van der Waals surface area (Å²) in [4.78, 5) is 17.0. The standard InChI is InChI=1S/C18H15BrClNO2/c1-23-18(22)14-10-16(13-4-2-3-5-15(13)20)21-17(14)11-6-8-12(19)9-7-11/h2-9,14,17H,10H2,1H3/t14-,17-/m0/s1. The van der Waals surface area contributed by atoms with Gasteiger partial charge >= 0.3 is 5.97 Å². The van der Waals surface area contributed by atoms with Crippen LogP contribution >= 0.6 is 27.5 Å². The highest BCUT2D eigenvalue weighted by atomic mass is 79.9. The van der Waals surface area contributed by atoms with Crippen molar-refractivity contribution in [3.8, 4) is 0 Å². The number of carbonyl (C=O) groups excluding carboxylic acids is 1. The number of aliphatic imine (C=N–C) groups is 1. The van der Waals surface area contributed by atoms with Crippen molar-refractivity contribution in [1.82, 2.24) is 0 Å². The fourth-order valence-electron chi connectivity index (χ4n) is 2.84. The molecule has 0 aliphatic carbocycles. The Bertz CT molecular complexity index is 758. The number of ether oxygens (including phenoxy) is 1. The van der Waals surface area contributed by atoms with Crippen LogP contribution in [0.4, 0.5) is 0 Å². The topological polar surface area (TPSA) is 38.7 Å². The minimum atomic E-state index is -0.326. The van der Waals surface area contributed by atoms with Crippen LogP contribution < -0.4 is 0 Å². The summed E-state index contributed by atoms with van der Waals surface area (Å²) < 4.78 is 5.96. The summed E-state index contributed by atoms with van der Waals surface area (Å²) in [5, 5.41) is 0.645. The van der Waals surface area contributed by atoms with E-state index in [0.717, 1.165) is 21.3 Å². The summed E-state index contributed by atoms with van der Waals surface area (Å²) in [6.45, 7) is 0. The molecule has 2 aromatic rings. The molecule has 23 heavy (non-hydrogen) atoms. The Morgan fingerprint density at radius 2 is 1.91 bits per heavy atom. The zero-order valence-electron chi connectivity index (χ0n) is 12.5. The zero-order chi connectivity index (χ0) is 16.4. The molecule has 0 spiro atoms. The first-order valence-corrected chi connectivity index (χ1v) is 8.42. The van der Waals surface area contributed by atoms with Gasteiger partial charge in [-0.05, 0) is 23.8 Å². The Labute approximate surface area is 148 Å². The van der Waals surface area contributed by atoms with E-state index in [4.69, 9.17) is 21.3 Å². The summed E-state index contributed by atoms with van der Waals surface area (Å²) in [5.41, 5.74) is 2.72. The van der Waals surface area contributed by atoms with Crippen LogP contribution in [0.25, 0.3) is 0 Å². The van der Waals surface area contributed by atoms with E-state index in [1.807, 2.05) is 48.5 Å². The molecule has 1 aliphatic rings. The van der Waals surface area contributed by atoms with Crippen LogP contribution in [0.1, 0.15) is 23.6 Å². The Morgan fingerprint density at radius 3 is 2.57 bits per heavy atom. The molecule has 0 amide bonds. The van der Waals surface area contributed by atoms with Gasteiger partial charge < -0.3 is 4.74 Å². The van der Waals surface area contributed by atoms with Crippen LogP contribution in [-0.2, 0) is 9.53 Å². The van der Waals surface area contributed by atoms with Crippen molar-refractivity contribution in [3.05, 3.63) is 69.2 Å². The minimum absolute atomic E-state index is 0.247. The van der Waals surface area contributed by atoms with Gasteiger partial charge in [-0.3, -0.25) is 9.79 Å². The quantitative estimate of drug-likeness (QED) is 0.702. The lowest BCUT2D eigenvalue weighted by atomic mass is 9.91. The van der Waals surface area contributed by atoms with Gasteiger partial charge in [0.25, 0.3) is 0 Å². The maximum atomic E-state index is 12.2. The third-order valence-electron chi connectivity index (χ3n) is 3.99. The summed E-state index contributed by atoms with van der Waals surface area (Å²) in [5.74, 6) is -0.573. The van der Waals surface area contributed by atoms with Crippen molar-refractivity contribution >= 4 is 39.2 Å². The second kappa shape index (κ2) is 6.85. The van der Waals surface area contributed by atoms with Crippen molar-refractivity contribution < 1.29 is 9.53 Å². The molecule has 0 bridgehead atoms. The van der Waals surface area contributed by atoms with Crippen molar-refractivity contribution in [2.75, 3.05) is 7.11 Å². The van der Waals surface area contributed by atoms with Gasteiger partial charge in [0.1, 0.15) is 0 Å². The van der Waals surface area contributed by atoms with Crippen LogP contribution in [0.15, 0.2) is 58.0 Å². The molecule has 0 saturated carbocycles. The molecule has 118 valence electrons. The Hall–Kier alpha value is -1.65. The number of halogens is 2. The molecule has 0 N–H and O–H groups in total. The summed E-state index contributed by atoms with van der Waals surface area (Å²) in [7, 11) is 1.41. The SMILES string of the molecule is COC(=O)[C@H]1CC(c2ccccc2Cl)=N[C@H]1c1ccc(Br)cc1. The Morgan fingerprint density at radius 1 is 1.22 bits per heavy atom. The second-order valence-corrected chi connectivity index (χ2v) is 6.71. The lowest BCUT2D eigenvalue weighted by molar-refractivity contribution is -0.145. The average molecular weight is 393 g/mol. The third-order valence-corrected chi connectivity index (χ3v) is 4.85. The highest BCUT2D eigenvalue weighted by molar-refractivity contribution is 9.10. The van der Waals surface area contributed by atoms with Crippen LogP contribution in [0, 0.1) is 5.92 Å². The predicted octanol–water partition coefficient (Wildman–Crippen LogP) is 4.83. The number of nitrogens with zero attached hydrogens (tertiary/aromatic N) is 1. The second-order valence-electron chi connectivity index (χ2n) is 5.39. The first-order chi connectivity index (χ1) is 11.1. The fraction of sp³-hybridized carbons (Fsp3) is 0.222. The van der Waals surface area contributed by atoms with Crippen molar-refractivity contribution in [3.63, 3.8) is 0 Å². The maximum absolute atomic E-state index is 12.2. The third kappa shape index (κ3) is 3.33.